The average molecular weight is 325 g/mol. The summed E-state index contributed by atoms with van der Waals surface area (Å²) in [5, 5.41) is 13.8. The van der Waals surface area contributed by atoms with E-state index in [0.29, 0.717) is 11.2 Å². The Morgan fingerprint density at radius 2 is 2.23 bits per heavy atom. The Morgan fingerprint density at radius 1 is 1.45 bits per heavy atom. The van der Waals surface area contributed by atoms with Crippen LogP contribution in [0.1, 0.15) is 25.8 Å². The van der Waals surface area contributed by atoms with Gasteiger partial charge in [-0.3, -0.25) is 4.79 Å². The number of amides is 1. The van der Waals surface area contributed by atoms with E-state index in [0.717, 1.165) is 31.0 Å². The summed E-state index contributed by atoms with van der Waals surface area (Å²) in [6, 6.07) is 3.20. The number of aromatic nitrogens is 4. The summed E-state index contributed by atoms with van der Waals surface area (Å²) in [6.45, 7) is 1.66. The molecule has 1 saturated carbocycles. The number of halogens is 2. The third-order valence-electron chi connectivity index (χ3n) is 3.19. The minimum absolute atomic E-state index is 0.181. The maximum absolute atomic E-state index is 13.5. The van der Waals surface area contributed by atoms with Crippen LogP contribution in [0.2, 0.25) is 0 Å². The van der Waals surface area contributed by atoms with Gasteiger partial charge in [-0.1, -0.05) is 11.8 Å². The molecular weight excluding hydrogens is 312 g/mol. The minimum Gasteiger partial charge on any atom is -0.323 e. The van der Waals surface area contributed by atoms with Crippen molar-refractivity contribution in [3.8, 4) is 0 Å². The molecule has 22 heavy (non-hydrogen) atoms. The topological polar surface area (TPSA) is 72.7 Å². The molecule has 1 unspecified atom stereocenters. The molecule has 0 bridgehead atoms. The molecule has 0 radical (unpaired) electrons. The number of anilines is 1. The Morgan fingerprint density at radius 3 is 2.95 bits per heavy atom. The van der Waals surface area contributed by atoms with Crippen LogP contribution in [0.3, 0.4) is 0 Å². The number of hydrogen-bond donors (Lipinski definition) is 1. The van der Waals surface area contributed by atoms with E-state index in [2.05, 4.69) is 20.8 Å². The van der Waals surface area contributed by atoms with Crippen LogP contribution in [0.25, 0.3) is 0 Å². The number of carbonyl (C=O) groups is 1. The van der Waals surface area contributed by atoms with Crippen molar-refractivity contribution in [1.29, 1.82) is 0 Å². The Bertz CT molecular complexity index is 703. The number of nitrogens with zero attached hydrogens (tertiary/aromatic N) is 4. The lowest BCUT2D eigenvalue weighted by molar-refractivity contribution is -0.115. The number of benzene rings is 1. The molecule has 0 spiro atoms. The highest BCUT2D eigenvalue weighted by molar-refractivity contribution is 8.00. The second kappa shape index (κ2) is 5.99. The summed E-state index contributed by atoms with van der Waals surface area (Å²) < 4.78 is 28.3. The normalized spacial score (nSPS) is 15.6. The zero-order chi connectivity index (χ0) is 15.7. The van der Waals surface area contributed by atoms with Gasteiger partial charge in [-0.25, -0.2) is 13.5 Å². The smallest absolute Gasteiger partial charge is 0.237 e. The first kappa shape index (κ1) is 14.9. The molecule has 1 aromatic heterocycles. The molecule has 1 fully saturated rings. The van der Waals surface area contributed by atoms with Crippen molar-refractivity contribution in [2.24, 2.45) is 0 Å². The average Bonchev–Trinajstić information content (AvgIpc) is 3.23. The molecule has 9 heteroatoms. The van der Waals surface area contributed by atoms with E-state index in [9.17, 15) is 13.6 Å². The van der Waals surface area contributed by atoms with Crippen molar-refractivity contribution < 1.29 is 13.6 Å². The quantitative estimate of drug-likeness (QED) is 0.855. The molecule has 1 atom stereocenters. The first-order valence-corrected chi connectivity index (χ1v) is 7.63. The fourth-order valence-electron chi connectivity index (χ4n) is 1.85. The van der Waals surface area contributed by atoms with Gasteiger partial charge in [0.1, 0.15) is 11.6 Å². The predicted octanol–water partition coefficient (Wildman–Crippen LogP) is 2.41. The van der Waals surface area contributed by atoms with E-state index < -0.39 is 22.8 Å². The molecule has 2 aromatic rings. The van der Waals surface area contributed by atoms with Gasteiger partial charge < -0.3 is 5.32 Å². The van der Waals surface area contributed by atoms with Gasteiger partial charge in [-0.05, 0) is 42.3 Å². The Labute approximate surface area is 129 Å². The lowest BCUT2D eigenvalue weighted by atomic mass is 10.3. The van der Waals surface area contributed by atoms with E-state index in [-0.39, 0.29) is 5.69 Å². The van der Waals surface area contributed by atoms with Crippen LogP contribution < -0.4 is 5.32 Å². The molecule has 116 valence electrons. The van der Waals surface area contributed by atoms with Gasteiger partial charge >= 0.3 is 0 Å². The van der Waals surface area contributed by atoms with Crippen molar-refractivity contribution in [2.45, 2.75) is 36.2 Å². The van der Waals surface area contributed by atoms with Crippen molar-refractivity contribution in [2.75, 3.05) is 5.32 Å². The molecule has 6 nitrogen and oxygen atoms in total. The Balaban J connectivity index is 1.66. The molecule has 1 N–H and O–H groups in total. The number of carbonyl (C=O) groups excluding carboxylic acids is 1. The summed E-state index contributed by atoms with van der Waals surface area (Å²) in [4.78, 5) is 12.1. The fourth-order valence-corrected chi connectivity index (χ4v) is 2.71. The van der Waals surface area contributed by atoms with Crippen LogP contribution in [-0.2, 0) is 4.79 Å². The summed E-state index contributed by atoms with van der Waals surface area (Å²) in [5.74, 6) is -1.75. The molecule has 1 amide bonds. The van der Waals surface area contributed by atoms with Gasteiger partial charge in [0.15, 0.2) is 0 Å². The van der Waals surface area contributed by atoms with E-state index in [1.54, 1.807) is 11.6 Å². The third-order valence-corrected chi connectivity index (χ3v) is 4.24. The van der Waals surface area contributed by atoms with Gasteiger partial charge in [-0.15, -0.1) is 5.10 Å². The maximum Gasteiger partial charge on any atom is 0.237 e. The SMILES string of the molecule is CC(Sc1nnnn1C1CC1)C(=O)Nc1cc(F)ccc1F. The molecule has 1 aliphatic carbocycles. The van der Waals surface area contributed by atoms with Crippen LogP contribution in [0.4, 0.5) is 14.5 Å². The van der Waals surface area contributed by atoms with Crippen LogP contribution in [-0.4, -0.2) is 31.4 Å². The van der Waals surface area contributed by atoms with Gasteiger partial charge in [0, 0.05) is 6.07 Å². The van der Waals surface area contributed by atoms with Gasteiger partial charge in [0.2, 0.25) is 11.1 Å². The van der Waals surface area contributed by atoms with E-state index >= 15 is 0 Å². The largest absolute Gasteiger partial charge is 0.323 e. The standard InChI is InChI=1S/C13H13F2N5OS/c1-7(22-13-17-18-19-20(13)9-3-4-9)12(21)16-11-6-8(14)2-5-10(11)15/h2,5-7,9H,3-4H2,1H3,(H,16,21). The molecule has 3 rings (SSSR count). The summed E-state index contributed by atoms with van der Waals surface area (Å²) in [6.07, 6.45) is 2.04. The van der Waals surface area contributed by atoms with Gasteiger partial charge in [0.05, 0.1) is 17.0 Å². The maximum atomic E-state index is 13.5. The van der Waals surface area contributed by atoms with E-state index in [1.165, 1.54) is 11.8 Å². The lowest BCUT2D eigenvalue weighted by Gasteiger charge is -2.12. The lowest BCUT2D eigenvalue weighted by Crippen LogP contribution is -2.23. The zero-order valence-electron chi connectivity index (χ0n) is 11.7. The van der Waals surface area contributed by atoms with Crippen molar-refractivity contribution in [1.82, 2.24) is 20.2 Å². The first-order chi connectivity index (χ1) is 10.5. The van der Waals surface area contributed by atoms with Crippen molar-refractivity contribution >= 4 is 23.4 Å². The summed E-state index contributed by atoms with van der Waals surface area (Å²) in [5.41, 5.74) is -0.181. The predicted molar refractivity (Wildman–Crippen MR) is 76.4 cm³/mol. The molecule has 0 aliphatic heterocycles. The number of tetrazole rings is 1. The number of rotatable bonds is 5. The first-order valence-electron chi connectivity index (χ1n) is 6.75. The van der Waals surface area contributed by atoms with Crippen LogP contribution in [0.5, 0.6) is 0 Å². The highest BCUT2D eigenvalue weighted by Gasteiger charge is 2.29. The summed E-state index contributed by atoms with van der Waals surface area (Å²) >= 11 is 1.18. The molecule has 1 aliphatic rings. The highest BCUT2D eigenvalue weighted by atomic mass is 32.2. The van der Waals surface area contributed by atoms with Crippen LogP contribution in [0, 0.1) is 11.6 Å². The van der Waals surface area contributed by atoms with Gasteiger partial charge in [0.25, 0.3) is 0 Å². The van der Waals surface area contributed by atoms with Crippen LogP contribution >= 0.6 is 11.8 Å². The monoisotopic (exact) mass is 325 g/mol. The fraction of sp³-hybridized carbons (Fsp3) is 0.385. The second-order valence-electron chi connectivity index (χ2n) is 5.01. The zero-order valence-corrected chi connectivity index (χ0v) is 12.5. The Hall–Kier alpha value is -2.03. The number of thioether (sulfide) groups is 1. The minimum atomic E-state index is -0.685. The van der Waals surface area contributed by atoms with E-state index in [1.807, 2.05) is 0 Å². The van der Waals surface area contributed by atoms with Crippen LogP contribution in [0.15, 0.2) is 23.4 Å². The Kier molecular flexibility index (Phi) is 4.06. The number of hydrogen-bond acceptors (Lipinski definition) is 5. The molecule has 1 aromatic carbocycles. The number of nitrogens with one attached hydrogen (secondary N) is 1. The third kappa shape index (κ3) is 3.24. The van der Waals surface area contributed by atoms with Crippen molar-refractivity contribution in [3.05, 3.63) is 29.8 Å². The van der Waals surface area contributed by atoms with Gasteiger partial charge in [-0.2, -0.15) is 0 Å². The summed E-state index contributed by atoms with van der Waals surface area (Å²) in [7, 11) is 0. The van der Waals surface area contributed by atoms with E-state index in [4.69, 9.17) is 0 Å². The molecule has 1 heterocycles. The molecular formula is C13H13F2N5OS. The highest BCUT2D eigenvalue weighted by Crippen LogP contribution is 2.37. The second-order valence-corrected chi connectivity index (χ2v) is 6.32. The molecule has 0 saturated heterocycles. The van der Waals surface area contributed by atoms with Crippen molar-refractivity contribution in [3.63, 3.8) is 0 Å².